The molecular formula is C36H53NO5. The number of esters is 2. The lowest BCUT2D eigenvalue weighted by Crippen LogP contribution is -2.25. The summed E-state index contributed by atoms with van der Waals surface area (Å²) in [6.07, 6.45) is 15.4. The molecule has 2 N–H and O–H groups in total. The average molecular weight is 580 g/mol. The minimum atomic E-state index is -0.535. The molecule has 0 aromatic heterocycles. The van der Waals surface area contributed by atoms with Crippen molar-refractivity contribution in [1.29, 1.82) is 0 Å². The van der Waals surface area contributed by atoms with E-state index in [0.717, 1.165) is 35.2 Å². The maximum absolute atomic E-state index is 12.3. The molecule has 0 saturated heterocycles. The van der Waals surface area contributed by atoms with Gasteiger partial charge in [-0.2, -0.15) is 0 Å². The van der Waals surface area contributed by atoms with Crippen LogP contribution < -0.4 is 5.73 Å². The number of hydrogen-bond donors (Lipinski definition) is 1. The van der Waals surface area contributed by atoms with Crippen LogP contribution in [0.15, 0.2) is 48.6 Å². The van der Waals surface area contributed by atoms with Gasteiger partial charge in [-0.15, -0.1) is 0 Å². The fourth-order valence-corrected chi connectivity index (χ4v) is 7.50. The molecule has 3 saturated carbocycles. The first-order valence-electron chi connectivity index (χ1n) is 16.3. The van der Waals surface area contributed by atoms with E-state index in [1.165, 1.54) is 83.3 Å². The molecular weight excluding hydrogens is 526 g/mol. The fraction of sp³-hybridized carbons (Fsp3) is 0.667. The van der Waals surface area contributed by atoms with Crippen LogP contribution in [0.2, 0.25) is 0 Å². The minimum absolute atomic E-state index is 0.0351. The molecule has 0 heterocycles. The molecule has 3 fully saturated rings. The van der Waals surface area contributed by atoms with Gasteiger partial charge in [0.15, 0.2) is 0 Å². The molecule has 4 rings (SSSR count). The maximum atomic E-state index is 12.3. The van der Waals surface area contributed by atoms with E-state index in [-0.39, 0.29) is 43.4 Å². The topological polar surface area (TPSA) is 87.9 Å². The number of ether oxygens (including phenoxy) is 3. The Hall–Kier alpha value is -2.44. The van der Waals surface area contributed by atoms with Crippen molar-refractivity contribution >= 4 is 11.9 Å². The summed E-state index contributed by atoms with van der Waals surface area (Å²) in [5, 5.41) is 0. The summed E-state index contributed by atoms with van der Waals surface area (Å²) in [7, 11) is 1.50. The molecule has 3 unspecified atom stereocenters. The van der Waals surface area contributed by atoms with Crippen molar-refractivity contribution in [3.05, 3.63) is 59.7 Å². The molecule has 1 aromatic carbocycles. The van der Waals surface area contributed by atoms with Crippen LogP contribution in [0.5, 0.6) is 0 Å². The molecule has 1 aromatic rings. The van der Waals surface area contributed by atoms with E-state index in [4.69, 9.17) is 19.9 Å². The number of carbonyl (C=O) groups excluding carboxylic acids is 2. The van der Waals surface area contributed by atoms with E-state index in [2.05, 4.69) is 44.3 Å². The van der Waals surface area contributed by atoms with E-state index in [1.807, 2.05) is 0 Å². The van der Waals surface area contributed by atoms with Gasteiger partial charge in [0.2, 0.25) is 0 Å². The predicted octanol–water partition coefficient (Wildman–Crippen LogP) is 7.09. The van der Waals surface area contributed by atoms with Crippen LogP contribution in [0.4, 0.5) is 0 Å². The van der Waals surface area contributed by atoms with Crippen LogP contribution in [0.1, 0.15) is 101 Å². The van der Waals surface area contributed by atoms with Crippen molar-refractivity contribution in [3.63, 3.8) is 0 Å². The summed E-state index contributed by atoms with van der Waals surface area (Å²) < 4.78 is 15.9. The van der Waals surface area contributed by atoms with Crippen LogP contribution in [0.25, 0.3) is 0 Å². The first-order valence-corrected chi connectivity index (χ1v) is 16.3. The van der Waals surface area contributed by atoms with Gasteiger partial charge in [-0.3, -0.25) is 0 Å². The zero-order valence-electron chi connectivity index (χ0n) is 26.0. The molecule has 0 aliphatic heterocycles. The summed E-state index contributed by atoms with van der Waals surface area (Å²) >= 11 is 0. The second kappa shape index (κ2) is 15.9. The highest BCUT2D eigenvalue weighted by atomic mass is 16.5. The second-order valence-electron chi connectivity index (χ2n) is 13.2. The largest absolute Gasteiger partial charge is 0.462 e. The monoisotopic (exact) mass is 579 g/mol. The highest BCUT2D eigenvalue weighted by Crippen LogP contribution is 2.49. The van der Waals surface area contributed by atoms with Crippen molar-refractivity contribution in [1.82, 2.24) is 0 Å². The van der Waals surface area contributed by atoms with Crippen molar-refractivity contribution in [2.24, 2.45) is 35.3 Å². The van der Waals surface area contributed by atoms with Crippen molar-refractivity contribution in [2.45, 2.75) is 89.4 Å². The van der Waals surface area contributed by atoms with E-state index in [9.17, 15) is 9.59 Å². The molecule has 42 heavy (non-hydrogen) atoms. The Bertz CT molecular complexity index is 1050. The highest BCUT2D eigenvalue weighted by molar-refractivity contribution is 5.88. The van der Waals surface area contributed by atoms with Crippen LogP contribution in [-0.2, 0) is 23.8 Å². The van der Waals surface area contributed by atoms with Gasteiger partial charge < -0.3 is 19.9 Å². The van der Waals surface area contributed by atoms with Gasteiger partial charge in [0, 0.05) is 19.2 Å². The SMILES string of the molecule is C=C(CN)C(=O)OCC(COC(=O)C(=C)COC)c1ccc(C2CCC(C3CCC(CC4CC4CC)CC3)CC2)cc1. The molecule has 0 amide bonds. The average Bonchev–Trinajstić information content (AvgIpc) is 3.79. The zero-order chi connectivity index (χ0) is 30.1. The predicted molar refractivity (Wildman–Crippen MR) is 167 cm³/mol. The lowest BCUT2D eigenvalue weighted by molar-refractivity contribution is -0.142. The molecule has 3 atom stereocenters. The Morgan fingerprint density at radius 3 is 1.95 bits per heavy atom. The number of nitrogens with two attached hydrogens (primary N) is 1. The Kier molecular flexibility index (Phi) is 12.3. The Morgan fingerprint density at radius 1 is 0.857 bits per heavy atom. The zero-order valence-corrected chi connectivity index (χ0v) is 26.0. The fourth-order valence-electron chi connectivity index (χ4n) is 7.50. The molecule has 3 aliphatic carbocycles. The summed E-state index contributed by atoms with van der Waals surface area (Å²) in [4.78, 5) is 24.5. The van der Waals surface area contributed by atoms with E-state index in [1.54, 1.807) is 0 Å². The lowest BCUT2D eigenvalue weighted by Gasteiger charge is -2.38. The molecule has 0 bridgehead atoms. The van der Waals surface area contributed by atoms with Gasteiger partial charge in [0.1, 0.15) is 13.2 Å². The number of rotatable bonds is 15. The minimum Gasteiger partial charge on any atom is -0.462 e. The van der Waals surface area contributed by atoms with Crippen molar-refractivity contribution in [3.8, 4) is 0 Å². The summed E-state index contributed by atoms with van der Waals surface area (Å²) in [5.41, 5.74) is 8.31. The number of methoxy groups -OCH3 is 1. The molecule has 3 aliphatic rings. The van der Waals surface area contributed by atoms with Gasteiger partial charge in [0.25, 0.3) is 0 Å². The molecule has 6 nitrogen and oxygen atoms in total. The highest BCUT2D eigenvalue weighted by Gasteiger charge is 2.38. The summed E-state index contributed by atoms with van der Waals surface area (Å²) in [5.74, 6) is 4.15. The smallest absolute Gasteiger partial charge is 0.335 e. The van der Waals surface area contributed by atoms with E-state index >= 15 is 0 Å². The van der Waals surface area contributed by atoms with Gasteiger partial charge in [-0.1, -0.05) is 63.6 Å². The molecule has 232 valence electrons. The molecule has 6 heteroatoms. The van der Waals surface area contributed by atoms with Gasteiger partial charge in [0.05, 0.1) is 18.1 Å². The first kappa shape index (κ1) is 32.5. The second-order valence-corrected chi connectivity index (χ2v) is 13.2. The maximum Gasteiger partial charge on any atom is 0.335 e. The van der Waals surface area contributed by atoms with Crippen LogP contribution in [-0.4, -0.2) is 45.4 Å². The molecule has 0 spiro atoms. The first-order chi connectivity index (χ1) is 20.3. The Balaban J connectivity index is 1.27. The third kappa shape index (κ3) is 9.03. The van der Waals surface area contributed by atoms with E-state index < -0.39 is 11.9 Å². The third-order valence-corrected chi connectivity index (χ3v) is 10.4. The van der Waals surface area contributed by atoms with Gasteiger partial charge >= 0.3 is 11.9 Å². The summed E-state index contributed by atoms with van der Waals surface area (Å²) in [6.45, 7) is 9.99. The van der Waals surface area contributed by atoms with Crippen molar-refractivity contribution < 1.29 is 23.8 Å². The third-order valence-electron chi connectivity index (χ3n) is 10.4. The number of benzene rings is 1. The van der Waals surface area contributed by atoms with Crippen molar-refractivity contribution in [2.75, 3.05) is 33.5 Å². The number of hydrogen-bond acceptors (Lipinski definition) is 6. The van der Waals surface area contributed by atoms with E-state index in [0.29, 0.717) is 5.92 Å². The Morgan fingerprint density at radius 2 is 1.43 bits per heavy atom. The summed E-state index contributed by atoms with van der Waals surface area (Å²) in [6, 6.07) is 8.57. The lowest BCUT2D eigenvalue weighted by atomic mass is 9.68. The van der Waals surface area contributed by atoms with Gasteiger partial charge in [-0.05, 0) is 98.0 Å². The quantitative estimate of drug-likeness (QED) is 0.176. The van der Waals surface area contributed by atoms with Crippen LogP contribution in [0.3, 0.4) is 0 Å². The van der Waals surface area contributed by atoms with Crippen LogP contribution >= 0.6 is 0 Å². The Labute approximate surface area is 253 Å². The standard InChI is InChI=1S/C36H53NO5/c1-5-27-19-33(27)18-26-6-8-28(9-7-26)29-10-12-30(13-11-29)31-14-16-32(17-15-31)34(22-41-35(38)24(2)20-37)23-42-36(39)25(3)21-40-4/h14-17,26-30,33-34H,2-3,5-13,18-23,37H2,1,4H3. The van der Waals surface area contributed by atoms with Crippen LogP contribution in [0, 0.1) is 29.6 Å². The number of carbonyl (C=O) groups is 2. The molecule has 0 radical (unpaired) electrons. The normalized spacial score (nSPS) is 28.0. The van der Waals surface area contributed by atoms with Gasteiger partial charge in [-0.25, -0.2) is 9.59 Å².